The average molecular weight is 438 g/mol. The number of ether oxygens (including phenoxy) is 2. The molecule has 0 spiro atoms. The Hall–Kier alpha value is -3.25. The maximum atomic E-state index is 12.9. The van der Waals surface area contributed by atoms with Gasteiger partial charge in [-0.05, 0) is 32.0 Å². The molecule has 0 unspecified atom stereocenters. The Kier molecular flexibility index (Phi) is 6.95. The van der Waals surface area contributed by atoms with Crippen molar-refractivity contribution in [2.24, 2.45) is 0 Å². The number of benzene rings is 1. The largest absolute Gasteiger partial charge is 0.476 e. The number of anilines is 2. The van der Waals surface area contributed by atoms with Crippen molar-refractivity contribution in [3.63, 3.8) is 0 Å². The number of carbonyl (C=O) groups excluding carboxylic acids is 1. The van der Waals surface area contributed by atoms with Crippen LogP contribution in [0.15, 0.2) is 24.4 Å². The number of rotatable bonds is 6. The molecule has 13 heteroatoms. The number of carbonyl (C=O) groups is 1. The maximum Gasteiger partial charge on any atom is 0.416 e. The standard InChI is InChI=1S/C17H16F6N4O3/c1-3-29-13-12(8-24-15(27-13)30-4-2)26-14(28)25-11-6-9(16(18,19)20)5-10(7-11)17(21,22)23/h5-8H,3-4H2,1-2H3,(H2,25,26,28). The number of hydrogen-bond acceptors (Lipinski definition) is 5. The first-order chi connectivity index (χ1) is 13.9. The molecule has 2 aromatic rings. The minimum absolute atomic E-state index is 0.0420. The lowest BCUT2D eigenvalue weighted by Crippen LogP contribution is -2.21. The molecule has 0 aliphatic carbocycles. The van der Waals surface area contributed by atoms with Crippen molar-refractivity contribution in [2.75, 3.05) is 23.8 Å². The normalized spacial score (nSPS) is 11.7. The molecule has 0 saturated heterocycles. The third-order valence-corrected chi connectivity index (χ3v) is 3.38. The van der Waals surface area contributed by atoms with Gasteiger partial charge in [0.05, 0.1) is 30.5 Å². The summed E-state index contributed by atoms with van der Waals surface area (Å²) in [7, 11) is 0. The van der Waals surface area contributed by atoms with Gasteiger partial charge in [-0.3, -0.25) is 0 Å². The van der Waals surface area contributed by atoms with E-state index in [4.69, 9.17) is 9.47 Å². The summed E-state index contributed by atoms with van der Waals surface area (Å²) in [6, 6.07) is -0.452. The molecule has 0 saturated carbocycles. The van der Waals surface area contributed by atoms with Gasteiger partial charge in [-0.25, -0.2) is 9.78 Å². The molecule has 2 amide bonds. The molecule has 1 aromatic carbocycles. The van der Waals surface area contributed by atoms with E-state index in [0.717, 1.165) is 6.20 Å². The van der Waals surface area contributed by atoms with E-state index in [2.05, 4.69) is 15.3 Å². The zero-order chi connectivity index (χ0) is 22.5. The van der Waals surface area contributed by atoms with Crippen molar-refractivity contribution in [3.8, 4) is 11.9 Å². The number of amides is 2. The van der Waals surface area contributed by atoms with Crippen molar-refractivity contribution in [2.45, 2.75) is 26.2 Å². The van der Waals surface area contributed by atoms with E-state index < -0.39 is 35.2 Å². The van der Waals surface area contributed by atoms with Crippen LogP contribution < -0.4 is 20.1 Å². The lowest BCUT2D eigenvalue weighted by atomic mass is 10.1. The summed E-state index contributed by atoms with van der Waals surface area (Å²) >= 11 is 0. The quantitative estimate of drug-likeness (QED) is 0.623. The van der Waals surface area contributed by atoms with E-state index in [0.29, 0.717) is 12.1 Å². The topological polar surface area (TPSA) is 85.4 Å². The molecule has 0 aliphatic rings. The molecule has 0 radical (unpaired) electrons. The number of nitrogens with one attached hydrogen (secondary N) is 2. The van der Waals surface area contributed by atoms with Crippen LogP contribution in [0.1, 0.15) is 25.0 Å². The smallest absolute Gasteiger partial charge is 0.416 e. The van der Waals surface area contributed by atoms with E-state index in [1.165, 1.54) is 0 Å². The molecule has 30 heavy (non-hydrogen) atoms. The Morgan fingerprint density at radius 3 is 2.00 bits per heavy atom. The first-order valence-electron chi connectivity index (χ1n) is 8.44. The highest BCUT2D eigenvalue weighted by Gasteiger charge is 2.37. The highest BCUT2D eigenvalue weighted by atomic mass is 19.4. The SMILES string of the molecule is CCOc1ncc(NC(=O)Nc2cc(C(F)(F)F)cc(C(F)(F)F)c2)c(OCC)n1. The van der Waals surface area contributed by atoms with Crippen LogP contribution >= 0.6 is 0 Å². The Morgan fingerprint density at radius 2 is 1.50 bits per heavy atom. The monoisotopic (exact) mass is 438 g/mol. The predicted molar refractivity (Wildman–Crippen MR) is 93.5 cm³/mol. The molecule has 1 aromatic heterocycles. The van der Waals surface area contributed by atoms with Crippen molar-refractivity contribution in [1.29, 1.82) is 0 Å². The molecule has 164 valence electrons. The zero-order valence-corrected chi connectivity index (χ0v) is 15.6. The highest BCUT2D eigenvalue weighted by Crippen LogP contribution is 2.37. The van der Waals surface area contributed by atoms with Crippen molar-refractivity contribution >= 4 is 17.4 Å². The number of aromatic nitrogens is 2. The van der Waals surface area contributed by atoms with E-state index in [1.807, 2.05) is 5.32 Å². The van der Waals surface area contributed by atoms with Gasteiger partial charge in [-0.15, -0.1) is 0 Å². The van der Waals surface area contributed by atoms with Crippen LogP contribution in [0.5, 0.6) is 11.9 Å². The second kappa shape index (κ2) is 9.05. The molecule has 0 aliphatic heterocycles. The van der Waals surface area contributed by atoms with Gasteiger partial charge in [0.25, 0.3) is 0 Å². The summed E-state index contributed by atoms with van der Waals surface area (Å²) in [6.45, 7) is 3.73. The summed E-state index contributed by atoms with van der Waals surface area (Å²) in [5, 5.41) is 4.14. The molecular formula is C17H16F6N4O3. The maximum absolute atomic E-state index is 12.9. The van der Waals surface area contributed by atoms with Gasteiger partial charge in [0.15, 0.2) is 0 Å². The van der Waals surface area contributed by atoms with E-state index in [9.17, 15) is 31.1 Å². The number of hydrogen-bond donors (Lipinski definition) is 2. The minimum atomic E-state index is -5.04. The Bertz CT molecular complexity index is 870. The van der Waals surface area contributed by atoms with Gasteiger partial charge in [-0.1, -0.05) is 0 Å². The number of urea groups is 1. The van der Waals surface area contributed by atoms with Crippen LogP contribution in [0.25, 0.3) is 0 Å². The molecule has 7 nitrogen and oxygen atoms in total. The summed E-state index contributed by atoms with van der Waals surface area (Å²) in [4.78, 5) is 19.9. The third-order valence-electron chi connectivity index (χ3n) is 3.38. The minimum Gasteiger partial charge on any atom is -0.476 e. The van der Waals surface area contributed by atoms with Crippen LogP contribution in [-0.4, -0.2) is 29.2 Å². The Balaban J connectivity index is 2.28. The van der Waals surface area contributed by atoms with E-state index in [-0.39, 0.29) is 36.9 Å². The zero-order valence-electron chi connectivity index (χ0n) is 15.6. The second-order valence-electron chi connectivity index (χ2n) is 5.61. The predicted octanol–water partition coefficient (Wildman–Crippen LogP) is 4.96. The number of alkyl halides is 6. The second-order valence-corrected chi connectivity index (χ2v) is 5.61. The van der Waals surface area contributed by atoms with Gasteiger partial charge in [0.1, 0.15) is 5.69 Å². The fourth-order valence-corrected chi connectivity index (χ4v) is 2.19. The molecule has 2 N–H and O–H groups in total. The van der Waals surface area contributed by atoms with Gasteiger partial charge in [-0.2, -0.15) is 31.3 Å². The van der Waals surface area contributed by atoms with Crippen LogP contribution in [0.2, 0.25) is 0 Å². The van der Waals surface area contributed by atoms with Gasteiger partial charge in [0.2, 0.25) is 5.88 Å². The fourth-order valence-electron chi connectivity index (χ4n) is 2.19. The van der Waals surface area contributed by atoms with Crippen LogP contribution in [0, 0.1) is 0 Å². The van der Waals surface area contributed by atoms with Crippen LogP contribution in [0.4, 0.5) is 42.5 Å². The van der Waals surface area contributed by atoms with Gasteiger partial charge >= 0.3 is 24.4 Å². The lowest BCUT2D eigenvalue weighted by molar-refractivity contribution is -0.143. The molecule has 2 rings (SSSR count). The van der Waals surface area contributed by atoms with Crippen LogP contribution in [-0.2, 0) is 12.4 Å². The molecular weight excluding hydrogens is 422 g/mol. The highest BCUT2D eigenvalue weighted by molar-refractivity contribution is 6.00. The van der Waals surface area contributed by atoms with Crippen LogP contribution in [0.3, 0.4) is 0 Å². The van der Waals surface area contributed by atoms with Gasteiger partial charge < -0.3 is 20.1 Å². The number of halogens is 6. The third kappa shape index (κ3) is 6.12. The van der Waals surface area contributed by atoms with Gasteiger partial charge in [0, 0.05) is 5.69 Å². The molecule has 0 atom stereocenters. The summed E-state index contributed by atoms with van der Waals surface area (Å²) in [5.41, 5.74) is -3.90. The van der Waals surface area contributed by atoms with Crippen molar-refractivity contribution < 1.29 is 40.6 Å². The van der Waals surface area contributed by atoms with E-state index >= 15 is 0 Å². The fraction of sp³-hybridized carbons (Fsp3) is 0.353. The lowest BCUT2D eigenvalue weighted by Gasteiger charge is -2.15. The Morgan fingerprint density at radius 1 is 0.933 bits per heavy atom. The average Bonchev–Trinajstić information content (AvgIpc) is 2.62. The summed E-state index contributed by atoms with van der Waals surface area (Å²) in [6.07, 6.45) is -8.96. The summed E-state index contributed by atoms with van der Waals surface area (Å²) in [5.74, 6) is -0.0916. The molecule has 0 bridgehead atoms. The first kappa shape index (κ1) is 23.0. The number of nitrogens with zero attached hydrogens (tertiary/aromatic N) is 2. The molecule has 0 fully saturated rings. The van der Waals surface area contributed by atoms with Crippen molar-refractivity contribution in [1.82, 2.24) is 9.97 Å². The van der Waals surface area contributed by atoms with Crippen molar-refractivity contribution in [3.05, 3.63) is 35.5 Å². The first-order valence-corrected chi connectivity index (χ1v) is 8.44. The molecule has 1 heterocycles. The van der Waals surface area contributed by atoms with E-state index in [1.54, 1.807) is 13.8 Å². The Labute approximate surface area is 166 Å². The summed E-state index contributed by atoms with van der Waals surface area (Å²) < 4.78 is 87.8.